The van der Waals surface area contributed by atoms with Crippen LogP contribution in [0.4, 0.5) is 10.1 Å². The van der Waals surface area contributed by atoms with Crippen molar-refractivity contribution in [2.45, 2.75) is 11.8 Å². The quantitative estimate of drug-likeness (QED) is 0.930. The third-order valence-electron chi connectivity index (χ3n) is 2.47. The second kappa shape index (κ2) is 5.26. The molecule has 7 heteroatoms. The molecule has 1 heterocycles. The summed E-state index contributed by atoms with van der Waals surface area (Å²) in [5.41, 5.74) is 1.02. The van der Waals surface area contributed by atoms with E-state index in [-0.39, 0.29) is 4.47 Å². The van der Waals surface area contributed by atoms with Crippen LogP contribution >= 0.6 is 15.9 Å². The maximum Gasteiger partial charge on any atom is 0.266 e. The predicted molar refractivity (Wildman–Crippen MR) is 73.9 cm³/mol. The maximum absolute atomic E-state index is 13.7. The molecule has 0 atom stereocenters. The molecular weight excluding hydrogens is 335 g/mol. The van der Waals surface area contributed by atoms with Crippen LogP contribution in [0.5, 0.6) is 0 Å². The number of hydrogen-bond acceptors (Lipinski definition) is 3. The summed E-state index contributed by atoms with van der Waals surface area (Å²) in [6, 6.07) is 5.64. The van der Waals surface area contributed by atoms with Crippen molar-refractivity contribution < 1.29 is 12.8 Å². The Kier molecular flexibility index (Phi) is 3.86. The summed E-state index contributed by atoms with van der Waals surface area (Å²) in [6.45, 7) is 1.73. The Morgan fingerprint density at radius 1 is 1.32 bits per heavy atom. The number of sulfonamides is 1. The lowest BCUT2D eigenvalue weighted by molar-refractivity contribution is 0.568. The molecule has 0 bridgehead atoms. The number of nitrogens with one attached hydrogen (secondary N) is 1. The first-order chi connectivity index (χ1) is 8.92. The van der Waals surface area contributed by atoms with E-state index in [9.17, 15) is 12.8 Å². The topological polar surface area (TPSA) is 59.1 Å². The molecule has 0 fully saturated rings. The lowest BCUT2D eigenvalue weighted by atomic mass is 10.3. The molecule has 0 amide bonds. The van der Waals surface area contributed by atoms with Crippen LogP contribution in [0.15, 0.2) is 46.0 Å². The molecule has 2 aromatic rings. The van der Waals surface area contributed by atoms with Crippen LogP contribution in [0, 0.1) is 12.7 Å². The molecule has 0 saturated heterocycles. The zero-order valence-electron chi connectivity index (χ0n) is 9.89. The third kappa shape index (κ3) is 2.93. The van der Waals surface area contributed by atoms with E-state index in [1.165, 1.54) is 18.3 Å². The molecule has 2 rings (SSSR count). The van der Waals surface area contributed by atoms with E-state index in [1.54, 1.807) is 19.2 Å². The van der Waals surface area contributed by atoms with Gasteiger partial charge in [-0.3, -0.25) is 9.71 Å². The summed E-state index contributed by atoms with van der Waals surface area (Å²) in [5.74, 6) is -0.816. The Morgan fingerprint density at radius 2 is 2.05 bits per heavy atom. The number of nitrogens with zero attached hydrogens (tertiary/aromatic N) is 1. The Balaban J connectivity index is 2.47. The Labute approximate surface area is 118 Å². The first kappa shape index (κ1) is 14.0. The average Bonchev–Trinajstić information content (AvgIpc) is 2.31. The van der Waals surface area contributed by atoms with Gasteiger partial charge in [0.25, 0.3) is 10.0 Å². The molecule has 1 aromatic heterocycles. The van der Waals surface area contributed by atoms with Gasteiger partial charge < -0.3 is 0 Å². The standard InChI is InChI=1S/C12H10BrFN2O2S/c1-8-5-6-15-7-11(8)16-19(17,18)12-9(13)3-2-4-10(12)14/h2-7,16H,1H3. The SMILES string of the molecule is Cc1ccncc1NS(=O)(=O)c1c(F)cccc1Br. The number of hydrogen-bond donors (Lipinski definition) is 1. The van der Waals surface area contributed by atoms with E-state index in [0.717, 1.165) is 6.07 Å². The van der Waals surface area contributed by atoms with Crippen molar-refractivity contribution >= 4 is 31.6 Å². The average molecular weight is 345 g/mol. The molecule has 0 unspecified atom stereocenters. The van der Waals surface area contributed by atoms with Crippen molar-refractivity contribution in [3.63, 3.8) is 0 Å². The van der Waals surface area contributed by atoms with Gasteiger partial charge in [-0.2, -0.15) is 0 Å². The van der Waals surface area contributed by atoms with E-state index < -0.39 is 20.7 Å². The van der Waals surface area contributed by atoms with Crippen molar-refractivity contribution in [1.29, 1.82) is 0 Å². The molecule has 0 spiro atoms. The van der Waals surface area contributed by atoms with Crippen LogP contribution in [-0.4, -0.2) is 13.4 Å². The Bertz CT molecular complexity index is 699. The summed E-state index contributed by atoms with van der Waals surface area (Å²) in [4.78, 5) is 3.42. The largest absolute Gasteiger partial charge is 0.278 e. The molecule has 100 valence electrons. The summed E-state index contributed by atoms with van der Waals surface area (Å²) < 4.78 is 40.6. The fourth-order valence-electron chi connectivity index (χ4n) is 1.51. The van der Waals surface area contributed by atoms with Gasteiger partial charge in [-0.1, -0.05) is 6.07 Å². The van der Waals surface area contributed by atoms with Gasteiger partial charge in [-0.05, 0) is 46.6 Å². The second-order valence-electron chi connectivity index (χ2n) is 3.85. The number of anilines is 1. The van der Waals surface area contributed by atoms with Crippen molar-refractivity contribution in [3.05, 3.63) is 52.5 Å². The highest BCUT2D eigenvalue weighted by Crippen LogP contribution is 2.27. The Hall–Kier alpha value is -1.47. The second-order valence-corrected chi connectivity index (χ2v) is 6.32. The minimum absolute atomic E-state index is 0.168. The van der Waals surface area contributed by atoms with Gasteiger partial charge in [0.2, 0.25) is 0 Å². The highest BCUT2D eigenvalue weighted by Gasteiger charge is 2.22. The third-order valence-corrected chi connectivity index (χ3v) is 4.84. The molecule has 0 radical (unpaired) electrons. The monoisotopic (exact) mass is 344 g/mol. The number of pyridine rings is 1. The first-order valence-electron chi connectivity index (χ1n) is 5.29. The molecular formula is C12H10BrFN2O2S. The molecule has 0 aliphatic carbocycles. The normalized spacial score (nSPS) is 11.3. The van der Waals surface area contributed by atoms with Crippen LogP contribution < -0.4 is 4.72 Å². The van der Waals surface area contributed by atoms with Crippen molar-refractivity contribution in [2.75, 3.05) is 4.72 Å². The van der Waals surface area contributed by atoms with Gasteiger partial charge in [-0.25, -0.2) is 12.8 Å². The van der Waals surface area contributed by atoms with Crippen LogP contribution in [0.1, 0.15) is 5.56 Å². The first-order valence-corrected chi connectivity index (χ1v) is 7.57. The molecule has 0 aliphatic rings. The van der Waals surface area contributed by atoms with Crippen molar-refractivity contribution in [1.82, 2.24) is 4.98 Å². The lowest BCUT2D eigenvalue weighted by Gasteiger charge is -2.11. The zero-order chi connectivity index (χ0) is 14.0. The fourth-order valence-corrected chi connectivity index (χ4v) is 3.74. The van der Waals surface area contributed by atoms with Gasteiger partial charge in [0.15, 0.2) is 0 Å². The summed E-state index contributed by atoms with van der Waals surface area (Å²) in [7, 11) is -4.01. The summed E-state index contributed by atoms with van der Waals surface area (Å²) >= 11 is 3.04. The maximum atomic E-state index is 13.7. The fraction of sp³-hybridized carbons (Fsp3) is 0.0833. The van der Waals surface area contributed by atoms with Crippen molar-refractivity contribution in [3.8, 4) is 0 Å². The molecule has 1 N–H and O–H groups in total. The molecule has 0 saturated carbocycles. The van der Waals surface area contributed by atoms with Crippen LogP contribution in [-0.2, 0) is 10.0 Å². The van der Waals surface area contributed by atoms with E-state index in [4.69, 9.17) is 0 Å². The van der Waals surface area contributed by atoms with Gasteiger partial charge in [-0.15, -0.1) is 0 Å². The molecule has 4 nitrogen and oxygen atoms in total. The zero-order valence-corrected chi connectivity index (χ0v) is 12.3. The van der Waals surface area contributed by atoms with Crippen LogP contribution in [0.3, 0.4) is 0 Å². The number of aromatic nitrogens is 1. The van der Waals surface area contributed by atoms with Crippen LogP contribution in [0.2, 0.25) is 0 Å². The van der Waals surface area contributed by atoms with Crippen molar-refractivity contribution in [2.24, 2.45) is 0 Å². The minimum Gasteiger partial charge on any atom is -0.278 e. The molecule has 19 heavy (non-hydrogen) atoms. The summed E-state index contributed by atoms with van der Waals surface area (Å²) in [6.07, 6.45) is 2.92. The number of rotatable bonds is 3. The lowest BCUT2D eigenvalue weighted by Crippen LogP contribution is -2.16. The highest BCUT2D eigenvalue weighted by molar-refractivity contribution is 9.10. The van der Waals surface area contributed by atoms with Gasteiger partial charge in [0, 0.05) is 10.7 Å². The predicted octanol–water partition coefficient (Wildman–Crippen LogP) is 3.09. The van der Waals surface area contributed by atoms with E-state index in [0.29, 0.717) is 11.3 Å². The van der Waals surface area contributed by atoms with E-state index in [2.05, 4.69) is 25.6 Å². The van der Waals surface area contributed by atoms with E-state index in [1.807, 2.05) is 0 Å². The number of halogens is 2. The highest BCUT2D eigenvalue weighted by atomic mass is 79.9. The van der Waals surface area contributed by atoms with Gasteiger partial charge in [0.1, 0.15) is 10.7 Å². The van der Waals surface area contributed by atoms with Gasteiger partial charge >= 0.3 is 0 Å². The number of aryl methyl sites for hydroxylation is 1. The van der Waals surface area contributed by atoms with Gasteiger partial charge in [0.05, 0.1) is 11.9 Å². The molecule has 0 aliphatic heterocycles. The number of benzene rings is 1. The molecule has 1 aromatic carbocycles. The van der Waals surface area contributed by atoms with Crippen LogP contribution in [0.25, 0.3) is 0 Å². The smallest absolute Gasteiger partial charge is 0.266 e. The minimum atomic E-state index is -4.01. The van der Waals surface area contributed by atoms with E-state index >= 15 is 0 Å². The summed E-state index contributed by atoms with van der Waals surface area (Å²) in [5, 5.41) is 0. The Morgan fingerprint density at radius 3 is 2.68 bits per heavy atom.